The lowest BCUT2D eigenvalue weighted by molar-refractivity contribution is -0.0497. The first-order valence-electron chi connectivity index (χ1n) is 8.09. The summed E-state index contributed by atoms with van der Waals surface area (Å²) in [5.74, 6) is -3.51. The third kappa shape index (κ3) is 6.01. The number of hydrogen-bond donors (Lipinski definition) is 1. The Labute approximate surface area is 230 Å². The largest absolute Gasteiger partial charge is 0.433 e. The number of hydrogen-bond acceptors (Lipinski definition) is 4. The summed E-state index contributed by atoms with van der Waals surface area (Å²) in [7, 11) is 0. The summed E-state index contributed by atoms with van der Waals surface area (Å²) in [6.45, 7) is -3.54. The topological polar surface area (TPSA) is 67.8 Å². The highest BCUT2D eigenvalue weighted by molar-refractivity contribution is 14.1. The number of nitrogens with zero attached hydrogens (tertiary/aromatic N) is 1. The number of ether oxygens (including phenoxy) is 1. The van der Waals surface area contributed by atoms with Crippen molar-refractivity contribution in [3.63, 3.8) is 0 Å². The lowest BCUT2D eigenvalue weighted by Crippen LogP contribution is -2.47. The third-order valence-electron chi connectivity index (χ3n) is 4.01. The van der Waals surface area contributed by atoms with Crippen molar-refractivity contribution in [2.75, 3.05) is 5.32 Å². The second-order valence-electron chi connectivity index (χ2n) is 6.05. The molecule has 0 aliphatic rings. The van der Waals surface area contributed by atoms with E-state index in [9.17, 15) is 40.4 Å². The van der Waals surface area contributed by atoms with Crippen molar-refractivity contribution in [3.05, 3.63) is 56.7 Å². The molecule has 0 aliphatic carbocycles. The molecule has 0 bridgehead atoms. The van der Waals surface area contributed by atoms with Gasteiger partial charge in [0.1, 0.15) is 5.69 Å². The Hall–Kier alpha value is -0.510. The minimum Gasteiger partial charge on any atom is -0.433 e. The number of alkyl halides is 9. The monoisotopic (exact) mass is 880 g/mol. The molecule has 180 valence electrons. The molecule has 0 fully saturated rings. The maximum Gasteiger partial charge on any atom is 0.387 e. The first-order chi connectivity index (χ1) is 15.0. The number of anilines is 1. The molecule has 0 saturated carbocycles. The molecule has 0 atom stereocenters. The van der Waals surface area contributed by atoms with E-state index >= 15 is 0 Å². The molecule has 0 aromatic heterocycles. The molecule has 16 heteroatoms. The predicted octanol–water partition coefficient (Wildman–Crippen LogP) is 8.53. The smallest absolute Gasteiger partial charge is 0.387 e. The zero-order chi connectivity index (χ0) is 25.4. The fraction of sp³-hybridized carbons (Fsp3) is 0.235. The Balaban J connectivity index is 2.66. The van der Waals surface area contributed by atoms with E-state index in [2.05, 4.69) is 25.8 Å². The fourth-order valence-corrected chi connectivity index (χ4v) is 5.19. The van der Waals surface area contributed by atoms with Gasteiger partial charge in [0.15, 0.2) is 15.0 Å². The van der Waals surface area contributed by atoms with Crippen LogP contribution < -0.4 is 10.1 Å². The summed E-state index contributed by atoms with van der Waals surface area (Å²) in [6.07, 6.45) is 0. The third-order valence-corrected chi connectivity index (χ3v) is 10.3. The number of nitroso groups, excluding NO2 is 1. The van der Waals surface area contributed by atoms with E-state index in [0.29, 0.717) is 51.2 Å². The fourth-order valence-electron chi connectivity index (χ4n) is 2.53. The van der Waals surface area contributed by atoms with Gasteiger partial charge in [0.25, 0.3) is 5.91 Å². The Morgan fingerprint density at radius 2 is 1.67 bits per heavy atom. The Kier molecular flexibility index (Phi) is 9.25. The van der Waals surface area contributed by atoms with Crippen LogP contribution in [0, 0.1) is 10.7 Å². The number of rotatable bonds is 8. The zero-order valence-electron chi connectivity index (χ0n) is 15.3. The van der Waals surface area contributed by atoms with E-state index < -0.39 is 62.3 Å². The van der Waals surface area contributed by atoms with Crippen LogP contribution in [0.5, 0.6) is 5.75 Å². The molecule has 1 amide bonds. The second kappa shape index (κ2) is 10.6. The van der Waals surface area contributed by atoms with Crippen molar-refractivity contribution in [1.29, 1.82) is 0 Å². The van der Waals surface area contributed by atoms with Gasteiger partial charge in [0, 0.05) is 49.7 Å². The molecule has 2 aromatic carbocycles. The molecule has 2 rings (SSSR count). The van der Waals surface area contributed by atoms with Gasteiger partial charge in [-0.15, -0.1) is 4.91 Å². The number of carbonyl (C=O) groups is 1. The van der Waals surface area contributed by atoms with Crippen LogP contribution in [0.1, 0.15) is 15.9 Å². The molecular weight excluding hydrogens is 874 g/mol. The van der Waals surface area contributed by atoms with Crippen LogP contribution in [0.15, 0.2) is 40.0 Å². The van der Waals surface area contributed by atoms with Gasteiger partial charge in [0.05, 0.1) is 11.3 Å². The highest BCUT2D eigenvalue weighted by Crippen LogP contribution is 2.61. The van der Waals surface area contributed by atoms with Crippen LogP contribution >= 0.6 is 83.7 Å². The van der Waals surface area contributed by atoms with Crippen LogP contribution in [0.3, 0.4) is 0 Å². The number of benzene rings is 2. The summed E-state index contributed by atoms with van der Waals surface area (Å²) < 4.78 is 89.8. The summed E-state index contributed by atoms with van der Waals surface area (Å²) >= 11 is 4.69. The Morgan fingerprint density at radius 1 is 1.09 bits per heavy atom. The molecule has 2 aromatic rings. The molecule has 0 radical (unpaired) electrons. The van der Waals surface area contributed by atoms with Gasteiger partial charge < -0.3 is 10.1 Å². The first kappa shape index (κ1) is 28.7. The average molecular weight is 881 g/mol. The highest BCUT2D eigenvalue weighted by Gasteiger charge is 2.66. The van der Waals surface area contributed by atoms with Crippen LogP contribution in [-0.2, 0) is 3.42 Å². The Morgan fingerprint density at radius 3 is 2.15 bits per heavy atom. The van der Waals surface area contributed by atoms with Crippen LogP contribution in [0.25, 0.3) is 0 Å². The van der Waals surface area contributed by atoms with Gasteiger partial charge in [-0.2, -0.15) is 26.3 Å². The number of amides is 1. The summed E-state index contributed by atoms with van der Waals surface area (Å²) in [5, 5.41) is 4.44. The van der Waals surface area contributed by atoms with E-state index in [-0.39, 0.29) is 0 Å². The molecule has 0 saturated heterocycles. The lowest BCUT2D eigenvalue weighted by atomic mass is 9.98. The Bertz CT molecular complexity index is 1070. The van der Waals surface area contributed by atoms with Crippen molar-refractivity contribution < 1.29 is 40.3 Å². The minimum absolute atomic E-state index is 0.392. The standard InChI is InChI=1S/C17H7BrF7I3N2O3/c18-8-4-6(15(26,16(22,23)27)17(24,25)28)5-10(33-14(20)21)12(8)29-13(31)7-2-1-3-9(30-32)11(7)19/h1-5,14H,(H,29,31). The second-order valence-corrected chi connectivity index (χ2v) is 11.2. The van der Waals surface area contributed by atoms with Crippen molar-refractivity contribution in [1.82, 2.24) is 0 Å². The van der Waals surface area contributed by atoms with E-state index in [1.807, 2.05) is 5.32 Å². The van der Waals surface area contributed by atoms with E-state index in [1.165, 1.54) is 0 Å². The van der Waals surface area contributed by atoms with E-state index in [1.54, 1.807) is 0 Å². The van der Waals surface area contributed by atoms with Gasteiger partial charge in [-0.1, -0.05) is 28.7 Å². The van der Waals surface area contributed by atoms with Crippen molar-refractivity contribution >= 4 is 101 Å². The molecule has 0 aliphatic heterocycles. The highest BCUT2D eigenvalue weighted by atomic mass is 127. The van der Waals surface area contributed by atoms with Crippen molar-refractivity contribution in [2.45, 2.75) is 17.9 Å². The van der Waals surface area contributed by atoms with Gasteiger partial charge in [-0.05, 0) is 50.9 Å². The van der Waals surface area contributed by atoms with Crippen LogP contribution in [0.2, 0.25) is 0 Å². The quantitative estimate of drug-likeness (QED) is 0.125. The SMILES string of the molecule is O=Nc1cccc(C(=O)Nc2c(Br)cc(C(I)(C(F)(F)I)C(F)(F)I)cc2OC(F)F)c1F. The molecule has 0 heterocycles. The number of halogens is 11. The normalized spacial score (nSPS) is 12.6. The number of carbonyl (C=O) groups excluding carboxylic acids is 1. The van der Waals surface area contributed by atoms with E-state index in [0.717, 1.165) is 46.9 Å². The molecule has 0 unspecified atom stereocenters. The number of nitrogens with one attached hydrogen (secondary N) is 1. The van der Waals surface area contributed by atoms with Crippen LogP contribution in [-0.4, -0.2) is 20.4 Å². The van der Waals surface area contributed by atoms with Gasteiger partial charge in [-0.3, -0.25) is 4.79 Å². The van der Waals surface area contributed by atoms with Gasteiger partial charge >= 0.3 is 14.5 Å². The molecule has 33 heavy (non-hydrogen) atoms. The average Bonchev–Trinajstić information content (AvgIpc) is 2.67. The summed E-state index contributed by atoms with van der Waals surface area (Å²) in [5.41, 5.74) is -2.79. The molecular formula is C17H7BrF7I3N2O3. The first-order valence-corrected chi connectivity index (χ1v) is 12.1. The molecule has 1 N–H and O–H groups in total. The lowest BCUT2D eigenvalue weighted by Gasteiger charge is -2.36. The minimum atomic E-state index is -4.08. The predicted molar refractivity (Wildman–Crippen MR) is 134 cm³/mol. The van der Waals surface area contributed by atoms with E-state index in [4.69, 9.17) is 0 Å². The van der Waals surface area contributed by atoms with Gasteiger partial charge in [-0.25, -0.2) is 4.39 Å². The molecule has 5 nitrogen and oxygen atoms in total. The van der Waals surface area contributed by atoms with Crippen molar-refractivity contribution in [3.8, 4) is 5.75 Å². The van der Waals surface area contributed by atoms with Crippen LogP contribution in [0.4, 0.5) is 42.1 Å². The summed E-state index contributed by atoms with van der Waals surface area (Å²) in [6, 6.07) is 4.32. The van der Waals surface area contributed by atoms with Gasteiger partial charge in [0.2, 0.25) is 0 Å². The molecule has 0 spiro atoms. The summed E-state index contributed by atoms with van der Waals surface area (Å²) in [4.78, 5) is 23.1. The maximum atomic E-state index is 14.3. The maximum absolute atomic E-state index is 14.3. The van der Waals surface area contributed by atoms with Crippen molar-refractivity contribution in [2.24, 2.45) is 5.18 Å². The zero-order valence-corrected chi connectivity index (χ0v) is 23.4.